The number of hydrogen-bond donors (Lipinski definition) is 2. The van der Waals surface area contributed by atoms with Gasteiger partial charge in [-0.15, -0.1) is 0 Å². The van der Waals surface area contributed by atoms with Gasteiger partial charge in [-0.25, -0.2) is 0 Å². The van der Waals surface area contributed by atoms with Crippen LogP contribution in [0.25, 0.3) is 10.9 Å². The zero-order valence-corrected chi connectivity index (χ0v) is 10.1. The molecule has 0 saturated carbocycles. The second-order valence-electron chi connectivity index (χ2n) is 4.46. The molecule has 1 aromatic heterocycles. The zero-order chi connectivity index (χ0) is 12.4. The number of nitrogen functional groups attached to an aromatic ring is 1. The predicted octanol–water partition coefficient (Wildman–Crippen LogP) is 2.93. The van der Waals surface area contributed by atoms with E-state index in [4.69, 9.17) is 5.73 Å². The molecule has 0 amide bonds. The number of aromatic amines is 1. The van der Waals surface area contributed by atoms with E-state index in [1.807, 2.05) is 24.3 Å². The molecular weight excluding hydrogens is 222 g/mol. The summed E-state index contributed by atoms with van der Waals surface area (Å²) in [5.41, 5.74) is 10.1. The summed E-state index contributed by atoms with van der Waals surface area (Å²) in [6.07, 6.45) is 1.96. The summed E-state index contributed by atoms with van der Waals surface area (Å²) in [6.45, 7) is 0. The van der Waals surface area contributed by atoms with Crippen LogP contribution in [0, 0.1) is 0 Å². The molecule has 0 radical (unpaired) electrons. The van der Waals surface area contributed by atoms with Gasteiger partial charge in [0.1, 0.15) is 0 Å². The second kappa shape index (κ2) is 4.53. The Kier molecular flexibility index (Phi) is 2.73. The largest absolute Gasteiger partial charge is 0.399 e. The van der Waals surface area contributed by atoms with Crippen molar-refractivity contribution in [2.24, 2.45) is 0 Å². The number of hydrogen-bond acceptors (Lipinski definition) is 2. The Morgan fingerprint density at radius 3 is 2.67 bits per heavy atom. The van der Waals surface area contributed by atoms with Crippen molar-refractivity contribution < 1.29 is 0 Å². The fourth-order valence-corrected chi connectivity index (χ4v) is 2.19. The van der Waals surface area contributed by atoms with E-state index >= 15 is 0 Å². The lowest BCUT2D eigenvalue weighted by Gasteiger charge is -2.00. The fraction of sp³-hybridized carbons (Fsp3) is 0.133. The van der Waals surface area contributed by atoms with E-state index in [1.54, 1.807) is 0 Å². The molecule has 2 aromatic carbocycles. The second-order valence-corrected chi connectivity index (χ2v) is 4.46. The molecule has 18 heavy (non-hydrogen) atoms. The molecule has 1 heterocycles. The summed E-state index contributed by atoms with van der Waals surface area (Å²) in [4.78, 5) is 0. The van der Waals surface area contributed by atoms with Crippen molar-refractivity contribution >= 4 is 16.6 Å². The molecule has 3 rings (SSSR count). The lowest BCUT2D eigenvalue weighted by molar-refractivity contribution is 0.901. The summed E-state index contributed by atoms with van der Waals surface area (Å²) in [5.74, 6) is 0. The number of aryl methyl sites for hydroxylation is 2. The molecule has 0 bridgehead atoms. The van der Waals surface area contributed by atoms with Crippen molar-refractivity contribution in [1.82, 2.24) is 10.2 Å². The first-order valence-electron chi connectivity index (χ1n) is 6.09. The van der Waals surface area contributed by atoms with Crippen LogP contribution in [0.15, 0.2) is 48.5 Å². The minimum absolute atomic E-state index is 0.782. The molecule has 0 aliphatic rings. The third-order valence-electron chi connectivity index (χ3n) is 3.16. The predicted molar refractivity (Wildman–Crippen MR) is 74.4 cm³/mol. The van der Waals surface area contributed by atoms with Gasteiger partial charge in [0.25, 0.3) is 0 Å². The summed E-state index contributed by atoms with van der Waals surface area (Å²) >= 11 is 0. The van der Waals surface area contributed by atoms with Crippen LogP contribution in [0.3, 0.4) is 0 Å². The van der Waals surface area contributed by atoms with Crippen LogP contribution in [0.1, 0.15) is 11.3 Å². The number of fused-ring (bicyclic) bond motifs is 1. The Labute approximate surface area is 106 Å². The van der Waals surface area contributed by atoms with E-state index in [1.165, 1.54) is 5.56 Å². The number of anilines is 1. The Hall–Kier alpha value is -2.29. The number of nitrogens with zero attached hydrogens (tertiary/aromatic N) is 1. The third kappa shape index (κ3) is 2.07. The smallest absolute Gasteiger partial charge is 0.0925 e. The van der Waals surface area contributed by atoms with Crippen LogP contribution >= 0.6 is 0 Å². The molecule has 90 valence electrons. The van der Waals surface area contributed by atoms with Crippen molar-refractivity contribution in [2.75, 3.05) is 5.73 Å². The molecule has 3 N–H and O–H groups in total. The van der Waals surface area contributed by atoms with Gasteiger partial charge in [0, 0.05) is 16.8 Å². The summed E-state index contributed by atoms with van der Waals surface area (Å²) in [5, 5.41) is 8.53. The van der Waals surface area contributed by atoms with Gasteiger partial charge in [0.2, 0.25) is 0 Å². The van der Waals surface area contributed by atoms with Gasteiger partial charge in [-0.05, 0) is 36.6 Å². The summed E-state index contributed by atoms with van der Waals surface area (Å²) < 4.78 is 0. The molecule has 0 aliphatic heterocycles. The van der Waals surface area contributed by atoms with Crippen LogP contribution in [-0.2, 0) is 12.8 Å². The minimum Gasteiger partial charge on any atom is -0.399 e. The van der Waals surface area contributed by atoms with Crippen molar-refractivity contribution in [1.29, 1.82) is 0 Å². The summed E-state index contributed by atoms with van der Waals surface area (Å²) in [7, 11) is 0. The maximum absolute atomic E-state index is 5.82. The lowest BCUT2D eigenvalue weighted by Crippen LogP contribution is -1.92. The van der Waals surface area contributed by atoms with Gasteiger partial charge in [0.05, 0.1) is 5.52 Å². The number of nitrogens with one attached hydrogen (secondary N) is 1. The maximum atomic E-state index is 5.82. The molecule has 0 atom stereocenters. The molecule has 0 saturated heterocycles. The topological polar surface area (TPSA) is 54.7 Å². The van der Waals surface area contributed by atoms with Gasteiger partial charge in [-0.1, -0.05) is 30.3 Å². The van der Waals surface area contributed by atoms with Gasteiger partial charge in [0.15, 0.2) is 0 Å². The van der Waals surface area contributed by atoms with Crippen molar-refractivity contribution in [3.63, 3.8) is 0 Å². The van der Waals surface area contributed by atoms with Gasteiger partial charge in [-0.2, -0.15) is 5.10 Å². The van der Waals surface area contributed by atoms with Crippen molar-refractivity contribution in [3.8, 4) is 0 Å². The van der Waals surface area contributed by atoms with E-state index in [0.717, 1.165) is 35.1 Å². The SMILES string of the molecule is Nc1ccc2n[nH]c(CCc3ccccc3)c2c1. The Morgan fingerprint density at radius 1 is 1.00 bits per heavy atom. The average Bonchev–Trinajstić information content (AvgIpc) is 2.80. The monoisotopic (exact) mass is 237 g/mol. The molecule has 0 spiro atoms. The Morgan fingerprint density at radius 2 is 1.83 bits per heavy atom. The lowest BCUT2D eigenvalue weighted by atomic mass is 10.1. The van der Waals surface area contributed by atoms with E-state index in [2.05, 4.69) is 34.5 Å². The van der Waals surface area contributed by atoms with Crippen LogP contribution < -0.4 is 5.73 Å². The molecule has 3 aromatic rings. The van der Waals surface area contributed by atoms with E-state index in [0.29, 0.717) is 0 Å². The van der Waals surface area contributed by atoms with Gasteiger partial charge >= 0.3 is 0 Å². The molecule has 0 aliphatic carbocycles. The zero-order valence-electron chi connectivity index (χ0n) is 10.1. The molecular formula is C15H15N3. The van der Waals surface area contributed by atoms with Crippen LogP contribution in [0.5, 0.6) is 0 Å². The van der Waals surface area contributed by atoms with Crippen LogP contribution in [-0.4, -0.2) is 10.2 Å². The third-order valence-corrected chi connectivity index (χ3v) is 3.16. The Bertz CT molecular complexity index is 656. The highest BCUT2D eigenvalue weighted by Crippen LogP contribution is 2.20. The minimum atomic E-state index is 0.782. The molecule has 3 nitrogen and oxygen atoms in total. The number of H-pyrrole nitrogens is 1. The maximum Gasteiger partial charge on any atom is 0.0925 e. The quantitative estimate of drug-likeness (QED) is 0.688. The highest BCUT2D eigenvalue weighted by Gasteiger charge is 2.05. The standard InChI is InChI=1S/C15H15N3/c16-12-7-9-15-13(10-12)14(17-18-15)8-6-11-4-2-1-3-5-11/h1-5,7,9-10H,6,8,16H2,(H,17,18). The number of aromatic nitrogens is 2. The molecule has 3 heteroatoms. The van der Waals surface area contributed by atoms with Crippen molar-refractivity contribution in [2.45, 2.75) is 12.8 Å². The van der Waals surface area contributed by atoms with Crippen molar-refractivity contribution in [3.05, 3.63) is 59.8 Å². The highest BCUT2D eigenvalue weighted by molar-refractivity contribution is 5.84. The normalized spacial score (nSPS) is 10.9. The molecule has 0 unspecified atom stereocenters. The average molecular weight is 237 g/mol. The van der Waals surface area contributed by atoms with Crippen LogP contribution in [0.2, 0.25) is 0 Å². The summed E-state index contributed by atoms with van der Waals surface area (Å²) in [6, 6.07) is 16.3. The first kappa shape index (κ1) is 10.8. The van der Waals surface area contributed by atoms with Gasteiger partial charge < -0.3 is 5.73 Å². The van der Waals surface area contributed by atoms with E-state index < -0.39 is 0 Å². The number of benzene rings is 2. The van der Waals surface area contributed by atoms with E-state index in [9.17, 15) is 0 Å². The first-order chi connectivity index (χ1) is 8.83. The number of rotatable bonds is 3. The van der Waals surface area contributed by atoms with E-state index in [-0.39, 0.29) is 0 Å². The van der Waals surface area contributed by atoms with Crippen LogP contribution in [0.4, 0.5) is 5.69 Å². The fourth-order valence-electron chi connectivity index (χ4n) is 2.19. The number of nitrogens with two attached hydrogens (primary N) is 1. The first-order valence-corrected chi connectivity index (χ1v) is 6.09. The molecule has 0 fully saturated rings. The highest BCUT2D eigenvalue weighted by atomic mass is 15.1. The van der Waals surface area contributed by atoms with Gasteiger partial charge in [-0.3, -0.25) is 5.10 Å². The Balaban J connectivity index is 1.85.